The van der Waals surface area contributed by atoms with Crippen LogP contribution in [0.3, 0.4) is 0 Å². The molecule has 7 heteroatoms. The number of hydrogen-bond acceptors (Lipinski definition) is 4. The lowest BCUT2D eigenvalue weighted by molar-refractivity contribution is -0.0102. The minimum atomic E-state index is -0.786. The quantitative estimate of drug-likeness (QED) is 0.845. The number of H-pyrrole nitrogens is 1. The van der Waals surface area contributed by atoms with Gasteiger partial charge in [-0.2, -0.15) is 5.10 Å². The molecule has 27 heavy (non-hydrogen) atoms. The number of rotatable bonds is 3. The summed E-state index contributed by atoms with van der Waals surface area (Å²) in [6.07, 6.45) is 5.82. The smallest absolute Gasteiger partial charge is 0.407 e. The number of hydrogen-bond donors (Lipinski definition) is 2. The lowest BCUT2D eigenvalue weighted by Gasteiger charge is -2.52. The predicted molar refractivity (Wildman–Crippen MR) is 103 cm³/mol. The van der Waals surface area contributed by atoms with Gasteiger partial charge in [-0.05, 0) is 50.5 Å². The zero-order valence-corrected chi connectivity index (χ0v) is 16.8. The lowest BCUT2D eigenvalue weighted by atomic mass is 9.72. The zero-order chi connectivity index (χ0) is 19.2. The van der Waals surface area contributed by atoms with Gasteiger partial charge in [0.2, 0.25) is 0 Å². The van der Waals surface area contributed by atoms with E-state index >= 15 is 0 Å². The Balaban J connectivity index is 1.54. The highest BCUT2D eigenvalue weighted by Gasteiger charge is 2.45. The summed E-state index contributed by atoms with van der Waals surface area (Å²) < 4.78 is 0. The fraction of sp³-hybridized carbons (Fsp3) is 0.850. The van der Waals surface area contributed by atoms with E-state index in [0.717, 1.165) is 43.9 Å². The van der Waals surface area contributed by atoms with Crippen LogP contribution in [0.5, 0.6) is 0 Å². The van der Waals surface area contributed by atoms with Crippen LogP contribution in [0.15, 0.2) is 0 Å². The van der Waals surface area contributed by atoms with Crippen LogP contribution in [-0.4, -0.2) is 67.9 Å². The molecule has 2 aliphatic heterocycles. The Kier molecular flexibility index (Phi) is 4.91. The first-order chi connectivity index (χ1) is 12.8. The van der Waals surface area contributed by atoms with Gasteiger partial charge in [-0.15, -0.1) is 0 Å². The molecule has 7 nitrogen and oxygen atoms in total. The molecule has 150 valence electrons. The van der Waals surface area contributed by atoms with Gasteiger partial charge >= 0.3 is 6.09 Å². The summed E-state index contributed by atoms with van der Waals surface area (Å²) in [5.74, 6) is 3.01. The largest absolute Gasteiger partial charge is 0.465 e. The summed E-state index contributed by atoms with van der Waals surface area (Å²) in [5.41, 5.74) is 0.127. The molecule has 0 radical (unpaired) electrons. The molecule has 3 heterocycles. The van der Waals surface area contributed by atoms with E-state index in [9.17, 15) is 9.90 Å². The minimum absolute atomic E-state index is 0.127. The van der Waals surface area contributed by atoms with Gasteiger partial charge in [0, 0.05) is 37.0 Å². The summed E-state index contributed by atoms with van der Waals surface area (Å²) in [5, 5.41) is 17.0. The van der Waals surface area contributed by atoms with Crippen molar-refractivity contribution in [3.63, 3.8) is 0 Å². The van der Waals surface area contributed by atoms with Crippen LogP contribution >= 0.6 is 0 Å². The monoisotopic (exact) mass is 375 g/mol. The Hall–Kier alpha value is -1.63. The van der Waals surface area contributed by atoms with E-state index in [2.05, 4.69) is 35.9 Å². The summed E-state index contributed by atoms with van der Waals surface area (Å²) in [6.45, 7) is 9.37. The summed E-state index contributed by atoms with van der Waals surface area (Å²) in [4.78, 5) is 20.4. The number of nitrogens with one attached hydrogen (secondary N) is 1. The maximum Gasteiger partial charge on any atom is 0.407 e. The maximum atomic E-state index is 11.3. The molecule has 3 fully saturated rings. The Labute approximate surface area is 161 Å². The van der Waals surface area contributed by atoms with Crippen molar-refractivity contribution in [2.24, 2.45) is 5.41 Å². The first-order valence-electron chi connectivity index (χ1n) is 10.5. The predicted octanol–water partition coefficient (Wildman–Crippen LogP) is 3.42. The van der Waals surface area contributed by atoms with Crippen molar-refractivity contribution in [1.82, 2.24) is 25.0 Å². The lowest BCUT2D eigenvalue weighted by Crippen LogP contribution is -2.57. The Morgan fingerprint density at radius 3 is 2.41 bits per heavy atom. The van der Waals surface area contributed by atoms with Crippen LogP contribution in [-0.2, 0) is 0 Å². The van der Waals surface area contributed by atoms with Crippen LogP contribution in [0.25, 0.3) is 0 Å². The third kappa shape index (κ3) is 3.84. The average Bonchev–Trinajstić information content (AvgIpc) is 3.37. The number of amides is 1. The number of carbonyl (C=O) groups is 1. The summed E-state index contributed by atoms with van der Waals surface area (Å²) in [7, 11) is 0. The van der Waals surface area contributed by atoms with Gasteiger partial charge in [0.05, 0.1) is 0 Å². The van der Waals surface area contributed by atoms with Gasteiger partial charge < -0.3 is 10.0 Å². The first kappa shape index (κ1) is 18.7. The second kappa shape index (κ2) is 7.08. The van der Waals surface area contributed by atoms with Gasteiger partial charge in [-0.1, -0.05) is 20.8 Å². The number of carboxylic acid groups (broad SMARTS) is 1. The van der Waals surface area contributed by atoms with Gasteiger partial charge in [-0.3, -0.25) is 10.00 Å². The van der Waals surface area contributed by atoms with Crippen LogP contribution < -0.4 is 0 Å². The molecule has 1 amide bonds. The molecule has 3 aliphatic rings. The third-order valence-corrected chi connectivity index (χ3v) is 6.57. The molecular weight excluding hydrogens is 342 g/mol. The van der Waals surface area contributed by atoms with E-state index in [1.807, 2.05) is 0 Å². The second-order valence-corrected chi connectivity index (χ2v) is 9.65. The highest BCUT2D eigenvalue weighted by atomic mass is 16.4. The van der Waals surface area contributed by atoms with Gasteiger partial charge in [0.15, 0.2) is 5.82 Å². The molecule has 0 spiro atoms. The Bertz CT molecular complexity index is 670. The average molecular weight is 376 g/mol. The molecule has 2 unspecified atom stereocenters. The zero-order valence-electron chi connectivity index (χ0n) is 16.8. The number of aromatic amines is 1. The number of likely N-dealkylation sites (tertiary alicyclic amines) is 2. The fourth-order valence-electron chi connectivity index (χ4n) is 5.19. The molecule has 0 bridgehead atoms. The topological polar surface area (TPSA) is 85.4 Å². The standard InChI is InChI=1S/C20H33N5O2/c1-20(2,3)16-15(18-21-17(22-23-18)13-6-7-13)5-4-10-25(16)14-8-11-24(12-9-14)19(26)27/h13-16H,4-12H2,1-3H3,(H,26,27)(H,21,22,23). The van der Waals surface area contributed by atoms with Crippen LogP contribution in [0.2, 0.25) is 0 Å². The van der Waals surface area contributed by atoms with Crippen molar-refractivity contribution in [2.45, 2.75) is 83.2 Å². The second-order valence-electron chi connectivity index (χ2n) is 9.65. The summed E-state index contributed by atoms with van der Waals surface area (Å²) >= 11 is 0. The van der Waals surface area contributed by atoms with E-state index in [1.54, 1.807) is 4.90 Å². The molecule has 2 atom stereocenters. The van der Waals surface area contributed by atoms with E-state index in [0.29, 0.717) is 37.0 Å². The normalized spacial score (nSPS) is 28.5. The van der Waals surface area contributed by atoms with E-state index in [4.69, 9.17) is 4.98 Å². The van der Waals surface area contributed by atoms with Crippen molar-refractivity contribution in [2.75, 3.05) is 19.6 Å². The van der Waals surface area contributed by atoms with E-state index in [-0.39, 0.29) is 5.41 Å². The molecule has 1 aromatic rings. The van der Waals surface area contributed by atoms with Gasteiger partial charge in [0.1, 0.15) is 5.82 Å². The Morgan fingerprint density at radius 1 is 1.11 bits per heavy atom. The molecule has 1 aromatic heterocycles. The summed E-state index contributed by atoms with van der Waals surface area (Å²) in [6, 6.07) is 0.853. The van der Waals surface area contributed by atoms with Crippen molar-refractivity contribution >= 4 is 6.09 Å². The highest BCUT2D eigenvalue weighted by Crippen LogP contribution is 2.44. The van der Waals surface area contributed by atoms with Crippen molar-refractivity contribution in [3.8, 4) is 0 Å². The SMILES string of the molecule is CC(C)(C)C1C(c2nc(C3CC3)n[nH]2)CCCN1C1CCN(C(=O)O)CC1. The molecule has 0 aromatic carbocycles. The van der Waals surface area contributed by atoms with Gasteiger partial charge in [-0.25, -0.2) is 9.78 Å². The molecule has 1 saturated carbocycles. The number of nitrogens with zero attached hydrogens (tertiary/aromatic N) is 4. The molecule has 4 rings (SSSR count). The van der Waals surface area contributed by atoms with Crippen molar-refractivity contribution in [3.05, 3.63) is 11.6 Å². The molecular formula is C20H33N5O2. The fourth-order valence-corrected chi connectivity index (χ4v) is 5.19. The molecule has 1 aliphatic carbocycles. The van der Waals surface area contributed by atoms with Crippen LogP contribution in [0.1, 0.15) is 82.8 Å². The van der Waals surface area contributed by atoms with Gasteiger partial charge in [0.25, 0.3) is 0 Å². The van der Waals surface area contributed by atoms with Crippen molar-refractivity contribution in [1.29, 1.82) is 0 Å². The van der Waals surface area contributed by atoms with Crippen molar-refractivity contribution < 1.29 is 9.90 Å². The van der Waals surface area contributed by atoms with Crippen LogP contribution in [0.4, 0.5) is 4.79 Å². The molecule has 2 N–H and O–H groups in total. The highest BCUT2D eigenvalue weighted by molar-refractivity contribution is 5.65. The molecule has 2 saturated heterocycles. The van der Waals surface area contributed by atoms with Crippen LogP contribution in [0, 0.1) is 5.41 Å². The minimum Gasteiger partial charge on any atom is -0.465 e. The third-order valence-electron chi connectivity index (χ3n) is 6.57. The first-order valence-corrected chi connectivity index (χ1v) is 10.5. The number of piperidine rings is 2. The number of aromatic nitrogens is 3. The van der Waals surface area contributed by atoms with E-state index < -0.39 is 6.09 Å². The van der Waals surface area contributed by atoms with E-state index in [1.165, 1.54) is 12.8 Å². The Morgan fingerprint density at radius 2 is 1.81 bits per heavy atom. The maximum absolute atomic E-state index is 11.3.